The molecule has 0 fully saturated rings. The highest BCUT2D eigenvalue weighted by Crippen LogP contribution is 2.37. The molecule has 0 aliphatic carbocycles. The van der Waals surface area contributed by atoms with Crippen molar-refractivity contribution in [2.75, 3.05) is 13.7 Å². The van der Waals surface area contributed by atoms with E-state index in [2.05, 4.69) is 5.32 Å². The summed E-state index contributed by atoms with van der Waals surface area (Å²) in [6, 6.07) is 17.4. The topological polar surface area (TPSA) is 84.7 Å². The number of nitrogens with zero attached hydrogens (tertiary/aromatic N) is 1. The third-order valence-corrected chi connectivity index (χ3v) is 6.58. The minimum atomic E-state index is -4.40. The molecule has 3 aromatic rings. The molecule has 6 nitrogen and oxygen atoms in total. The molecule has 4 rings (SSSR count). The average Bonchev–Trinajstić information content (AvgIpc) is 2.90. The molecule has 1 atom stereocenters. The standard InChI is InChI=1S/C28H28F3N3O3/c1-37-25-13-11-21(18-7-9-20(10-8-18)28(29,30)31)22-15-16-34(17-23(22)25)27(36)33-24(12-14-26(32)35)19-5-3-2-4-6-19/h2-11,13,24H,12,14-17H2,1H3,(H2,32,35)(H,33,36)/t24-/m0/s1. The Kier molecular flexibility index (Phi) is 7.71. The number of carbonyl (C=O) groups is 2. The lowest BCUT2D eigenvalue weighted by molar-refractivity contribution is -0.137. The molecule has 0 spiro atoms. The lowest BCUT2D eigenvalue weighted by Gasteiger charge is -2.33. The second kappa shape index (κ2) is 10.9. The van der Waals surface area contributed by atoms with Crippen LogP contribution in [0.3, 0.4) is 0 Å². The van der Waals surface area contributed by atoms with Crippen LogP contribution in [0.4, 0.5) is 18.0 Å². The molecule has 0 saturated heterocycles. The SMILES string of the molecule is COc1ccc(-c2ccc(C(F)(F)F)cc2)c2c1CN(C(=O)N[C@@H](CCC(N)=O)c1ccccc1)CC2. The van der Waals surface area contributed by atoms with E-state index in [1.807, 2.05) is 36.4 Å². The van der Waals surface area contributed by atoms with E-state index >= 15 is 0 Å². The summed E-state index contributed by atoms with van der Waals surface area (Å²) in [6.07, 6.45) is -3.39. The van der Waals surface area contributed by atoms with Crippen LogP contribution in [0.5, 0.6) is 5.75 Å². The van der Waals surface area contributed by atoms with E-state index in [4.69, 9.17) is 10.5 Å². The van der Waals surface area contributed by atoms with Crippen LogP contribution in [0.15, 0.2) is 66.7 Å². The first-order valence-electron chi connectivity index (χ1n) is 11.9. The van der Waals surface area contributed by atoms with Gasteiger partial charge < -0.3 is 20.7 Å². The average molecular weight is 512 g/mol. The quantitative estimate of drug-likeness (QED) is 0.442. The summed E-state index contributed by atoms with van der Waals surface area (Å²) < 4.78 is 44.6. The number of primary amides is 1. The number of hydrogen-bond donors (Lipinski definition) is 2. The number of urea groups is 1. The molecule has 3 N–H and O–H groups in total. The summed E-state index contributed by atoms with van der Waals surface area (Å²) in [4.78, 5) is 26.3. The third-order valence-electron chi connectivity index (χ3n) is 6.58. The number of amides is 3. The van der Waals surface area contributed by atoms with Gasteiger partial charge in [-0.1, -0.05) is 48.5 Å². The first-order chi connectivity index (χ1) is 17.7. The molecule has 9 heteroatoms. The molecule has 0 aromatic heterocycles. The summed E-state index contributed by atoms with van der Waals surface area (Å²) in [6.45, 7) is 0.688. The van der Waals surface area contributed by atoms with Crippen molar-refractivity contribution in [2.24, 2.45) is 5.73 Å². The Morgan fingerprint density at radius 3 is 2.35 bits per heavy atom. The highest BCUT2D eigenvalue weighted by molar-refractivity contribution is 5.77. The highest BCUT2D eigenvalue weighted by atomic mass is 19.4. The minimum Gasteiger partial charge on any atom is -0.496 e. The number of fused-ring (bicyclic) bond motifs is 1. The van der Waals surface area contributed by atoms with Gasteiger partial charge in [0.15, 0.2) is 0 Å². The Hall–Kier alpha value is -4.01. The van der Waals surface area contributed by atoms with Crippen LogP contribution in [-0.4, -0.2) is 30.5 Å². The van der Waals surface area contributed by atoms with Crippen molar-refractivity contribution < 1.29 is 27.5 Å². The van der Waals surface area contributed by atoms with Crippen LogP contribution in [0, 0.1) is 0 Å². The number of alkyl halides is 3. The summed E-state index contributed by atoms with van der Waals surface area (Å²) in [5, 5.41) is 3.03. The Balaban J connectivity index is 1.57. The maximum atomic E-state index is 13.3. The van der Waals surface area contributed by atoms with Gasteiger partial charge in [0.25, 0.3) is 0 Å². The Bertz CT molecular complexity index is 1260. The summed E-state index contributed by atoms with van der Waals surface area (Å²) in [7, 11) is 1.54. The molecule has 0 saturated carbocycles. The second-order valence-corrected chi connectivity index (χ2v) is 8.94. The molecule has 37 heavy (non-hydrogen) atoms. The molecule has 1 aliphatic rings. The summed E-state index contributed by atoms with van der Waals surface area (Å²) >= 11 is 0. The largest absolute Gasteiger partial charge is 0.496 e. The zero-order valence-corrected chi connectivity index (χ0v) is 20.3. The van der Waals surface area contributed by atoms with Crippen molar-refractivity contribution in [3.8, 4) is 16.9 Å². The normalized spacial score (nSPS) is 14.0. The van der Waals surface area contributed by atoms with Gasteiger partial charge in [0.05, 0.1) is 25.3 Å². The van der Waals surface area contributed by atoms with Crippen molar-refractivity contribution >= 4 is 11.9 Å². The van der Waals surface area contributed by atoms with Crippen molar-refractivity contribution in [1.82, 2.24) is 10.2 Å². The Morgan fingerprint density at radius 1 is 1.03 bits per heavy atom. The van der Waals surface area contributed by atoms with Crippen molar-refractivity contribution in [3.63, 3.8) is 0 Å². The zero-order chi connectivity index (χ0) is 26.6. The van der Waals surface area contributed by atoms with Gasteiger partial charge in [0.2, 0.25) is 5.91 Å². The van der Waals surface area contributed by atoms with Gasteiger partial charge in [0.1, 0.15) is 5.75 Å². The van der Waals surface area contributed by atoms with Crippen molar-refractivity contribution in [1.29, 1.82) is 0 Å². The fourth-order valence-electron chi connectivity index (χ4n) is 4.66. The lowest BCUT2D eigenvalue weighted by Crippen LogP contribution is -2.44. The van der Waals surface area contributed by atoms with E-state index in [1.165, 1.54) is 12.1 Å². The van der Waals surface area contributed by atoms with Crippen LogP contribution < -0.4 is 15.8 Å². The van der Waals surface area contributed by atoms with E-state index in [-0.39, 0.29) is 25.0 Å². The Labute approximate surface area is 213 Å². The van der Waals surface area contributed by atoms with Gasteiger partial charge in [-0.3, -0.25) is 4.79 Å². The molecule has 194 valence electrons. The number of nitrogens with one attached hydrogen (secondary N) is 1. The Morgan fingerprint density at radius 2 is 1.73 bits per heavy atom. The predicted molar refractivity (Wildman–Crippen MR) is 134 cm³/mol. The van der Waals surface area contributed by atoms with Crippen molar-refractivity contribution in [2.45, 2.75) is 38.0 Å². The van der Waals surface area contributed by atoms with Crippen LogP contribution in [0.25, 0.3) is 11.1 Å². The number of benzene rings is 3. The van der Waals surface area contributed by atoms with E-state index < -0.39 is 17.6 Å². The van der Waals surface area contributed by atoms with Crippen molar-refractivity contribution in [3.05, 3.63) is 89.0 Å². The van der Waals surface area contributed by atoms with E-state index in [0.717, 1.165) is 34.4 Å². The van der Waals surface area contributed by atoms with Gasteiger partial charge in [-0.15, -0.1) is 0 Å². The van der Waals surface area contributed by atoms with Crippen LogP contribution in [-0.2, 0) is 23.9 Å². The van der Waals surface area contributed by atoms with Crippen LogP contribution in [0.2, 0.25) is 0 Å². The molecular formula is C28H28F3N3O3. The maximum absolute atomic E-state index is 13.3. The first kappa shape index (κ1) is 26.1. The molecular weight excluding hydrogens is 483 g/mol. The van der Waals surface area contributed by atoms with Crippen LogP contribution in [0.1, 0.15) is 41.1 Å². The van der Waals surface area contributed by atoms with Gasteiger partial charge in [0, 0.05) is 18.5 Å². The fourth-order valence-corrected chi connectivity index (χ4v) is 4.66. The predicted octanol–water partition coefficient (Wildman–Crippen LogP) is 5.46. The zero-order valence-electron chi connectivity index (χ0n) is 20.3. The van der Waals surface area contributed by atoms with Gasteiger partial charge in [-0.2, -0.15) is 13.2 Å². The van der Waals surface area contributed by atoms with E-state index in [0.29, 0.717) is 30.7 Å². The number of hydrogen-bond acceptors (Lipinski definition) is 3. The number of methoxy groups -OCH3 is 1. The second-order valence-electron chi connectivity index (χ2n) is 8.94. The number of carbonyl (C=O) groups excluding carboxylic acids is 2. The molecule has 1 heterocycles. The number of nitrogens with two attached hydrogens (primary N) is 1. The lowest BCUT2D eigenvalue weighted by atomic mass is 9.89. The summed E-state index contributed by atoms with van der Waals surface area (Å²) in [5.41, 5.74) is 8.74. The molecule has 0 bridgehead atoms. The molecule has 0 radical (unpaired) electrons. The summed E-state index contributed by atoms with van der Waals surface area (Å²) in [5.74, 6) is 0.166. The van der Waals surface area contributed by atoms with Gasteiger partial charge >= 0.3 is 12.2 Å². The third kappa shape index (κ3) is 6.04. The number of rotatable bonds is 7. The van der Waals surface area contributed by atoms with E-state index in [9.17, 15) is 22.8 Å². The molecule has 3 aromatic carbocycles. The molecule has 1 aliphatic heterocycles. The molecule has 3 amide bonds. The minimum absolute atomic E-state index is 0.132. The van der Waals surface area contributed by atoms with Crippen LogP contribution >= 0.6 is 0 Å². The number of ether oxygens (including phenoxy) is 1. The highest BCUT2D eigenvalue weighted by Gasteiger charge is 2.31. The molecule has 0 unspecified atom stereocenters. The smallest absolute Gasteiger partial charge is 0.416 e. The number of halogens is 3. The monoisotopic (exact) mass is 511 g/mol. The van der Waals surface area contributed by atoms with E-state index in [1.54, 1.807) is 18.1 Å². The van der Waals surface area contributed by atoms with Gasteiger partial charge in [-0.05, 0) is 53.3 Å². The first-order valence-corrected chi connectivity index (χ1v) is 11.9. The fraction of sp³-hybridized carbons (Fsp3) is 0.286. The van der Waals surface area contributed by atoms with Gasteiger partial charge in [-0.25, -0.2) is 4.79 Å². The maximum Gasteiger partial charge on any atom is 0.416 e.